The molecule has 0 fully saturated rings. The van der Waals surface area contributed by atoms with Crippen molar-refractivity contribution in [1.29, 1.82) is 0 Å². The van der Waals surface area contributed by atoms with Crippen LogP contribution in [0.15, 0.2) is 97.1 Å². The van der Waals surface area contributed by atoms with Gasteiger partial charge in [-0.15, -0.1) is 0 Å². The zero-order valence-corrected chi connectivity index (χ0v) is 17.2. The van der Waals surface area contributed by atoms with Gasteiger partial charge in [-0.1, -0.05) is 24.3 Å². The Labute approximate surface area is 180 Å². The molecule has 1 aliphatic carbocycles. The summed E-state index contributed by atoms with van der Waals surface area (Å²) in [6.07, 6.45) is 16.7. The molecule has 0 aliphatic heterocycles. The lowest BCUT2D eigenvalue weighted by molar-refractivity contribution is 1.07. The van der Waals surface area contributed by atoms with Crippen LogP contribution in [0, 0.1) is 6.92 Å². The second-order valence-electron chi connectivity index (χ2n) is 7.34. The average molecular weight is 406 g/mol. The Hall–Kier alpha value is -4.19. The van der Waals surface area contributed by atoms with Gasteiger partial charge in [0.2, 0.25) is 5.95 Å². The largest absolute Gasteiger partial charge is 0.340 e. The maximum Gasteiger partial charge on any atom is 0.229 e. The number of hydrogen-bond donors (Lipinski definition) is 2. The van der Waals surface area contributed by atoms with Crippen LogP contribution < -0.4 is 10.6 Å². The summed E-state index contributed by atoms with van der Waals surface area (Å²) >= 11 is 0. The molecule has 0 spiro atoms. The van der Waals surface area contributed by atoms with Crippen LogP contribution in [0.2, 0.25) is 0 Å². The molecule has 0 amide bonds. The number of benzene rings is 1. The van der Waals surface area contributed by atoms with E-state index in [-0.39, 0.29) is 0 Å². The summed E-state index contributed by atoms with van der Waals surface area (Å²) in [5, 5.41) is 7.89. The third kappa shape index (κ3) is 4.23. The quantitative estimate of drug-likeness (QED) is 0.446. The van der Waals surface area contributed by atoms with E-state index in [0.29, 0.717) is 5.95 Å². The predicted molar refractivity (Wildman–Crippen MR) is 126 cm³/mol. The van der Waals surface area contributed by atoms with Crippen LogP contribution >= 0.6 is 0 Å². The Bertz CT molecular complexity index is 1310. The van der Waals surface area contributed by atoms with Crippen molar-refractivity contribution < 1.29 is 0 Å². The summed E-state index contributed by atoms with van der Waals surface area (Å²) in [5.41, 5.74) is 5.15. The van der Waals surface area contributed by atoms with Gasteiger partial charge in [-0.3, -0.25) is 4.98 Å². The van der Waals surface area contributed by atoms with Crippen molar-refractivity contribution >= 4 is 28.4 Å². The predicted octanol–water partition coefficient (Wildman–Crippen LogP) is 5.68. The molecule has 1 aromatic carbocycles. The van der Waals surface area contributed by atoms with Crippen molar-refractivity contribution in [3.8, 4) is 5.69 Å². The lowest BCUT2D eigenvalue weighted by atomic mass is 10.2. The molecule has 1 aliphatic rings. The number of aromatic nitrogens is 4. The highest BCUT2D eigenvalue weighted by atomic mass is 15.1. The lowest BCUT2D eigenvalue weighted by Crippen LogP contribution is -2.06. The number of nitrogens with one attached hydrogen (secondary N) is 2. The van der Waals surface area contributed by atoms with Crippen LogP contribution in [0.4, 0.5) is 17.5 Å². The molecule has 0 atom stereocenters. The van der Waals surface area contributed by atoms with Crippen LogP contribution in [-0.4, -0.2) is 19.5 Å². The van der Waals surface area contributed by atoms with Crippen molar-refractivity contribution in [2.75, 3.05) is 10.6 Å². The SMILES string of the molecule is Cc1cc(Nc2ccc3c(ccn3-c3ccncc3)c2)nc(NC2=CC=CC=CC2)n1. The van der Waals surface area contributed by atoms with Gasteiger partial charge < -0.3 is 15.2 Å². The molecule has 0 bridgehead atoms. The van der Waals surface area contributed by atoms with Crippen molar-refractivity contribution in [2.24, 2.45) is 0 Å². The normalized spacial score (nSPS) is 13.1. The average Bonchev–Trinajstić information content (AvgIpc) is 3.02. The highest BCUT2D eigenvalue weighted by Crippen LogP contribution is 2.25. The van der Waals surface area contributed by atoms with E-state index in [1.54, 1.807) is 12.4 Å². The number of fused-ring (bicyclic) bond motifs is 1. The minimum absolute atomic E-state index is 0.586. The first-order chi connectivity index (χ1) is 15.2. The molecule has 152 valence electrons. The molecule has 6 nitrogen and oxygen atoms in total. The Kier molecular flexibility index (Phi) is 5.02. The summed E-state index contributed by atoms with van der Waals surface area (Å²) in [6.45, 7) is 1.97. The van der Waals surface area contributed by atoms with Gasteiger partial charge in [0, 0.05) is 59.2 Å². The fourth-order valence-electron chi connectivity index (χ4n) is 3.60. The summed E-state index contributed by atoms with van der Waals surface area (Å²) in [6, 6.07) is 14.4. The Balaban J connectivity index is 1.39. The summed E-state index contributed by atoms with van der Waals surface area (Å²) in [5.74, 6) is 1.34. The second-order valence-corrected chi connectivity index (χ2v) is 7.34. The highest BCUT2D eigenvalue weighted by Gasteiger charge is 2.07. The second kappa shape index (κ2) is 8.28. The molecule has 3 heterocycles. The number of aryl methyl sites for hydroxylation is 1. The van der Waals surface area contributed by atoms with Crippen LogP contribution in [0.1, 0.15) is 12.1 Å². The van der Waals surface area contributed by atoms with E-state index in [2.05, 4.69) is 66.7 Å². The van der Waals surface area contributed by atoms with Crippen LogP contribution in [0.25, 0.3) is 16.6 Å². The van der Waals surface area contributed by atoms with E-state index >= 15 is 0 Å². The molecule has 0 unspecified atom stereocenters. The number of rotatable bonds is 5. The summed E-state index contributed by atoms with van der Waals surface area (Å²) < 4.78 is 2.15. The fourth-order valence-corrected chi connectivity index (χ4v) is 3.60. The van der Waals surface area contributed by atoms with E-state index in [1.807, 2.05) is 49.4 Å². The molecular weight excluding hydrogens is 384 g/mol. The number of allylic oxidation sites excluding steroid dienone is 5. The molecule has 2 N–H and O–H groups in total. The minimum atomic E-state index is 0.586. The number of hydrogen-bond acceptors (Lipinski definition) is 5. The van der Waals surface area contributed by atoms with E-state index in [9.17, 15) is 0 Å². The zero-order valence-electron chi connectivity index (χ0n) is 17.2. The molecule has 0 radical (unpaired) electrons. The third-order valence-corrected chi connectivity index (χ3v) is 5.02. The van der Waals surface area contributed by atoms with E-state index in [0.717, 1.165) is 45.9 Å². The third-order valence-electron chi connectivity index (χ3n) is 5.02. The van der Waals surface area contributed by atoms with Gasteiger partial charge in [0.05, 0.1) is 5.52 Å². The Morgan fingerprint density at radius 2 is 1.81 bits per heavy atom. The minimum Gasteiger partial charge on any atom is -0.340 e. The van der Waals surface area contributed by atoms with Gasteiger partial charge in [-0.05, 0) is 49.4 Å². The summed E-state index contributed by atoms with van der Waals surface area (Å²) in [7, 11) is 0. The molecule has 0 saturated heterocycles. The monoisotopic (exact) mass is 406 g/mol. The van der Waals surface area contributed by atoms with Gasteiger partial charge in [0.25, 0.3) is 0 Å². The van der Waals surface area contributed by atoms with Crippen molar-refractivity contribution in [2.45, 2.75) is 13.3 Å². The fraction of sp³-hybridized carbons (Fsp3) is 0.0800. The molecule has 0 saturated carbocycles. The van der Waals surface area contributed by atoms with E-state index in [4.69, 9.17) is 0 Å². The first-order valence-electron chi connectivity index (χ1n) is 10.2. The molecule has 4 aromatic rings. The maximum atomic E-state index is 4.65. The first kappa shape index (κ1) is 18.8. The van der Waals surface area contributed by atoms with Crippen LogP contribution in [-0.2, 0) is 0 Å². The smallest absolute Gasteiger partial charge is 0.229 e. The molecule has 6 heteroatoms. The molecular formula is C25H22N6. The Morgan fingerprint density at radius 1 is 0.903 bits per heavy atom. The van der Waals surface area contributed by atoms with Gasteiger partial charge in [0.15, 0.2) is 0 Å². The zero-order chi connectivity index (χ0) is 21.0. The first-order valence-corrected chi connectivity index (χ1v) is 10.2. The van der Waals surface area contributed by atoms with Crippen molar-refractivity contribution in [3.63, 3.8) is 0 Å². The van der Waals surface area contributed by atoms with Gasteiger partial charge in [-0.2, -0.15) is 4.98 Å². The number of nitrogens with zero attached hydrogens (tertiary/aromatic N) is 4. The standard InChI is InChI=1S/C25H22N6/c1-18-16-24(30-25(27-18)29-20-6-4-2-3-5-7-20)28-21-8-9-23-19(17-21)12-15-31(23)22-10-13-26-14-11-22/h2-6,8-17H,7H2,1H3,(H2,27,28,29,30). The lowest BCUT2D eigenvalue weighted by Gasteiger charge is -2.11. The van der Waals surface area contributed by atoms with Gasteiger partial charge in [0.1, 0.15) is 5.82 Å². The molecule has 5 rings (SSSR count). The van der Waals surface area contributed by atoms with Crippen molar-refractivity contribution in [1.82, 2.24) is 19.5 Å². The van der Waals surface area contributed by atoms with Crippen LogP contribution in [0.3, 0.4) is 0 Å². The van der Waals surface area contributed by atoms with Crippen molar-refractivity contribution in [3.05, 3.63) is 103 Å². The Morgan fingerprint density at radius 3 is 2.71 bits per heavy atom. The number of anilines is 3. The van der Waals surface area contributed by atoms with E-state index < -0.39 is 0 Å². The topological polar surface area (TPSA) is 67.7 Å². The van der Waals surface area contributed by atoms with Gasteiger partial charge >= 0.3 is 0 Å². The molecule has 3 aromatic heterocycles. The number of pyridine rings is 1. The highest BCUT2D eigenvalue weighted by molar-refractivity contribution is 5.86. The molecule has 31 heavy (non-hydrogen) atoms. The summed E-state index contributed by atoms with van der Waals surface area (Å²) in [4.78, 5) is 13.3. The maximum absolute atomic E-state index is 4.65. The van der Waals surface area contributed by atoms with E-state index in [1.165, 1.54) is 0 Å². The van der Waals surface area contributed by atoms with Crippen LogP contribution in [0.5, 0.6) is 0 Å². The van der Waals surface area contributed by atoms with Gasteiger partial charge in [-0.25, -0.2) is 4.98 Å².